The molecule has 1 unspecified atom stereocenters. The third kappa shape index (κ3) is 3.34. The zero-order chi connectivity index (χ0) is 21.7. The van der Waals surface area contributed by atoms with Crippen molar-refractivity contribution in [2.24, 2.45) is 0 Å². The molecule has 1 amide bonds. The number of rotatable bonds is 4. The number of hydrogen-bond donors (Lipinski definition) is 0. The average Bonchev–Trinajstić information content (AvgIpc) is 2.98. The Labute approximate surface area is 211 Å². The summed E-state index contributed by atoms with van der Waals surface area (Å²) in [5.41, 5.74) is 1.66. The molecule has 0 bridgehead atoms. The van der Waals surface area contributed by atoms with Crippen LogP contribution in [-0.4, -0.2) is 16.3 Å². The first-order valence-corrected chi connectivity index (χ1v) is 13.7. The molecular weight excluding hydrogens is 692 g/mol. The molecule has 0 saturated heterocycles. The van der Waals surface area contributed by atoms with Gasteiger partial charge in [0.2, 0.25) is 0 Å². The number of benzene rings is 3. The molecule has 0 spiro atoms. The molecule has 3 aromatic carbocycles. The maximum absolute atomic E-state index is 14.0. The lowest BCUT2D eigenvalue weighted by Crippen LogP contribution is -2.47. The van der Waals surface area contributed by atoms with Crippen molar-refractivity contribution in [3.05, 3.63) is 94.0 Å². The van der Waals surface area contributed by atoms with Gasteiger partial charge in [-0.05, 0) is 48.4 Å². The Kier molecular flexibility index (Phi) is 6.06. The van der Waals surface area contributed by atoms with E-state index in [1.54, 1.807) is 36.4 Å². The number of amides is 1. The molecule has 0 aliphatic carbocycles. The third-order valence-corrected chi connectivity index (χ3v) is 9.31. The van der Waals surface area contributed by atoms with Gasteiger partial charge in [0.25, 0.3) is 15.9 Å². The van der Waals surface area contributed by atoms with Gasteiger partial charge in [0.1, 0.15) is 5.41 Å². The van der Waals surface area contributed by atoms with Crippen LogP contribution in [0, 0.1) is 6.92 Å². The van der Waals surface area contributed by atoms with Crippen LogP contribution in [0.2, 0.25) is 0 Å². The summed E-state index contributed by atoms with van der Waals surface area (Å²) in [5.74, 6) is -0.462. The van der Waals surface area contributed by atoms with Gasteiger partial charge in [-0.1, -0.05) is 109 Å². The SMILES string of the molecule is Cc1ccc(S(=O)(=O)N2C(=O)C(c3ccccc3)(C(I)I)c3cc(Br)ccc32)cc1. The van der Waals surface area contributed by atoms with Crippen LogP contribution in [0.4, 0.5) is 5.69 Å². The van der Waals surface area contributed by atoms with Crippen LogP contribution in [0.5, 0.6) is 0 Å². The van der Waals surface area contributed by atoms with Gasteiger partial charge in [-0.25, -0.2) is 12.7 Å². The second-order valence-corrected chi connectivity index (χ2v) is 14.6. The maximum Gasteiger partial charge on any atom is 0.270 e. The molecule has 154 valence electrons. The van der Waals surface area contributed by atoms with E-state index in [4.69, 9.17) is 0 Å². The van der Waals surface area contributed by atoms with Crippen LogP contribution >= 0.6 is 61.1 Å². The standard InChI is InChI=1S/C22H16BrI2NO3S/c1-14-7-10-17(11-8-14)30(28,29)26-19-12-9-16(23)13-18(19)22(20(24)25,21(26)27)15-5-3-2-4-6-15/h2-13,20H,1H3. The number of hydrogen-bond acceptors (Lipinski definition) is 3. The van der Waals surface area contributed by atoms with Crippen LogP contribution in [0.1, 0.15) is 16.7 Å². The van der Waals surface area contributed by atoms with Gasteiger partial charge in [-0.3, -0.25) is 4.79 Å². The van der Waals surface area contributed by atoms with E-state index in [0.29, 0.717) is 11.3 Å². The molecule has 1 atom stereocenters. The molecule has 30 heavy (non-hydrogen) atoms. The minimum absolute atomic E-state index is 0.0950. The first kappa shape index (κ1) is 22.2. The highest BCUT2D eigenvalue weighted by Crippen LogP contribution is 2.54. The Bertz CT molecular complexity index is 1230. The number of aryl methyl sites for hydroxylation is 1. The number of anilines is 1. The lowest BCUT2D eigenvalue weighted by Gasteiger charge is -2.31. The molecule has 4 rings (SSSR count). The number of halogens is 3. The largest absolute Gasteiger partial charge is 0.272 e. The highest BCUT2D eigenvalue weighted by molar-refractivity contribution is 14.2. The molecule has 0 fully saturated rings. The minimum atomic E-state index is -4.08. The van der Waals surface area contributed by atoms with Gasteiger partial charge >= 0.3 is 0 Å². The van der Waals surface area contributed by atoms with Gasteiger partial charge < -0.3 is 0 Å². The Balaban J connectivity index is 2.03. The van der Waals surface area contributed by atoms with Crippen molar-refractivity contribution in [2.75, 3.05) is 4.31 Å². The molecule has 3 aromatic rings. The summed E-state index contributed by atoms with van der Waals surface area (Å²) in [7, 11) is -4.08. The maximum atomic E-state index is 14.0. The van der Waals surface area contributed by atoms with Gasteiger partial charge in [0.15, 0.2) is 0 Å². The molecule has 0 saturated carbocycles. The van der Waals surface area contributed by atoms with Crippen LogP contribution in [0.3, 0.4) is 0 Å². The molecule has 8 heteroatoms. The molecule has 1 aliphatic heterocycles. The summed E-state index contributed by atoms with van der Waals surface area (Å²) < 4.78 is 28.8. The molecule has 1 aliphatic rings. The minimum Gasteiger partial charge on any atom is -0.272 e. The summed E-state index contributed by atoms with van der Waals surface area (Å²) in [6, 6.07) is 21.3. The smallest absolute Gasteiger partial charge is 0.270 e. The van der Waals surface area contributed by atoms with Gasteiger partial charge in [0.05, 0.1) is 12.5 Å². The predicted molar refractivity (Wildman–Crippen MR) is 139 cm³/mol. The molecule has 0 radical (unpaired) electrons. The van der Waals surface area contributed by atoms with E-state index in [1.165, 1.54) is 0 Å². The summed E-state index contributed by atoms with van der Waals surface area (Å²) in [6.07, 6.45) is 0. The molecule has 0 N–H and O–H groups in total. The van der Waals surface area contributed by atoms with Crippen molar-refractivity contribution < 1.29 is 13.2 Å². The van der Waals surface area contributed by atoms with Crippen LogP contribution in [-0.2, 0) is 20.2 Å². The molecule has 1 heterocycles. The number of alkyl halides is 2. The number of carbonyl (C=O) groups excluding carboxylic acids is 1. The predicted octanol–water partition coefficient (Wildman–Crippen LogP) is 5.98. The third-order valence-electron chi connectivity index (χ3n) is 5.24. The van der Waals surface area contributed by atoms with Crippen molar-refractivity contribution >= 4 is 82.7 Å². The average molecular weight is 708 g/mol. The first-order valence-electron chi connectivity index (χ1n) is 9.01. The number of sulfonamides is 1. The number of fused-ring (bicyclic) bond motifs is 1. The fraction of sp³-hybridized carbons (Fsp3) is 0.136. The fourth-order valence-corrected chi connectivity index (χ4v) is 7.51. The number of nitrogens with zero attached hydrogens (tertiary/aromatic N) is 1. The second-order valence-electron chi connectivity index (χ2n) is 7.02. The Morgan fingerprint density at radius 1 is 0.967 bits per heavy atom. The van der Waals surface area contributed by atoms with Gasteiger partial charge in [0, 0.05) is 4.47 Å². The van der Waals surface area contributed by atoms with E-state index in [1.807, 2.05) is 43.3 Å². The Morgan fingerprint density at radius 3 is 2.20 bits per heavy atom. The quantitative estimate of drug-likeness (QED) is 0.248. The van der Waals surface area contributed by atoms with Crippen molar-refractivity contribution in [2.45, 2.75) is 19.2 Å². The van der Waals surface area contributed by atoms with E-state index < -0.39 is 21.3 Å². The fourth-order valence-electron chi connectivity index (χ4n) is 3.76. The second kappa shape index (κ2) is 8.18. The molecular formula is C22H16BrI2NO3S. The lowest BCUT2D eigenvalue weighted by molar-refractivity contribution is -0.120. The Morgan fingerprint density at radius 2 is 1.60 bits per heavy atom. The summed E-state index contributed by atoms with van der Waals surface area (Å²) in [4.78, 5) is 14.1. The van der Waals surface area contributed by atoms with Crippen molar-refractivity contribution in [1.82, 2.24) is 0 Å². The summed E-state index contributed by atoms with van der Waals surface area (Å²) >= 11 is 7.92. The lowest BCUT2D eigenvalue weighted by atomic mass is 9.77. The van der Waals surface area contributed by atoms with Crippen LogP contribution in [0.15, 0.2) is 82.2 Å². The Hall–Kier alpha value is -0.980. The summed E-state index contributed by atoms with van der Waals surface area (Å²) in [5, 5.41) is 0. The monoisotopic (exact) mass is 707 g/mol. The van der Waals surface area contributed by atoms with E-state index in [9.17, 15) is 13.2 Å². The molecule has 4 nitrogen and oxygen atoms in total. The zero-order valence-electron chi connectivity index (χ0n) is 15.7. The van der Waals surface area contributed by atoms with Crippen molar-refractivity contribution in [3.8, 4) is 0 Å². The van der Waals surface area contributed by atoms with E-state index in [2.05, 4.69) is 61.1 Å². The van der Waals surface area contributed by atoms with Gasteiger partial charge in [-0.2, -0.15) is 0 Å². The van der Waals surface area contributed by atoms with Crippen molar-refractivity contribution in [1.29, 1.82) is 0 Å². The van der Waals surface area contributed by atoms with E-state index >= 15 is 0 Å². The van der Waals surface area contributed by atoms with E-state index in [0.717, 1.165) is 19.9 Å². The highest BCUT2D eigenvalue weighted by atomic mass is 127. The topological polar surface area (TPSA) is 54.5 Å². The highest BCUT2D eigenvalue weighted by Gasteiger charge is 2.58. The molecule has 0 aromatic heterocycles. The summed E-state index contributed by atoms with van der Waals surface area (Å²) in [6.45, 7) is 1.89. The first-order chi connectivity index (χ1) is 14.2. The zero-order valence-corrected chi connectivity index (χ0v) is 22.4. The van der Waals surface area contributed by atoms with E-state index in [-0.39, 0.29) is 6.83 Å². The van der Waals surface area contributed by atoms with Crippen LogP contribution < -0.4 is 4.31 Å². The van der Waals surface area contributed by atoms with Crippen LogP contribution in [0.25, 0.3) is 0 Å². The van der Waals surface area contributed by atoms with Crippen molar-refractivity contribution in [3.63, 3.8) is 0 Å². The number of carbonyl (C=O) groups is 1. The normalized spacial score (nSPS) is 18.7. The van der Waals surface area contributed by atoms with Gasteiger partial charge in [-0.15, -0.1) is 0 Å².